The Bertz CT molecular complexity index is 253. The average molecular weight is 278 g/mol. The monoisotopic (exact) mass is 277 g/mol. The summed E-state index contributed by atoms with van der Waals surface area (Å²) < 4.78 is 5.30. The van der Waals surface area contributed by atoms with Crippen LogP contribution in [0, 0.1) is 5.41 Å². The second-order valence-electron chi connectivity index (χ2n) is 4.35. The van der Waals surface area contributed by atoms with Crippen molar-refractivity contribution in [3.8, 4) is 0 Å². The minimum absolute atomic E-state index is 0.00207. The average Bonchev–Trinajstić information content (AvgIpc) is 2.29. The molecule has 1 amide bonds. The van der Waals surface area contributed by atoms with Crippen LogP contribution in [-0.4, -0.2) is 41.7 Å². The Morgan fingerprint density at radius 3 is 2.73 bits per heavy atom. The first-order valence-corrected chi connectivity index (χ1v) is 6.42. The molecule has 0 aromatic rings. The largest absolute Gasteiger partial charge is 0.392 e. The van der Waals surface area contributed by atoms with Crippen molar-refractivity contribution in [1.29, 1.82) is 0 Å². The second kappa shape index (κ2) is 4.39. The van der Waals surface area contributed by atoms with Gasteiger partial charge in [-0.1, -0.05) is 15.9 Å². The van der Waals surface area contributed by atoms with Crippen LogP contribution in [0.1, 0.15) is 19.3 Å². The molecule has 2 unspecified atom stereocenters. The number of hydrogen-bond acceptors (Lipinski definition) is 3. The number of ether oxygens (including phenoxy) is 1. The maximum absolute atomic E-state index is 11.3. The molecule has 86 valence electrons. The third kappa shape index (κ3) is 1.92. The first-order chi connectivity index (χ1) is 7.19. The normalized spacial score (nSPS) is 33.5. The summed E-state index contributed by atoms with van der Waals surface area (Å²) in [6.07, 6.45) is 2.10. The molecular weight excluding hydrogens is 262 g/mol. The molecule has 2 fully saturated rings. The molecule has 2 atom stereocenters. The number of aliphatic hydroxyl groups excluding tert-OH is 1. The molecule has 1 saturated carbocycles. The van der Waals surface area contributed by atoms with Crippen molar-refractivity contribution < 1.29 is 14.6 Å². The van der Waals surface area contributed by atoms with Crippen LogP contribution in [0.3, 0.4) is 0 Å². The van der Waals surface area contributed by atoms with Gasteiger partial charge in [-0.05, 0) is 19.3 Å². The molecule has 0 radical (unpaired) electrons. The Labute approximate surface area is 97.5 Å². The number of carbonyl (C=O) groups excluding carboxylic acids is 1. The van der Waals surface area contributed by atoms with E-state index in [1.807, 2.05) is 0 Å². The van der Waals surface area contributed by atoms with Gasteiger partial charge in [-0.25, -0.2) is 0 Å². The Hall–Kier alpha value is -0.130. The van der Waals surface area contributed by atoms with Gasteiger partial charge in [0.2, 0.25) is 5.91 Å². The van der Waals surface area contributed by atoms with E-state index in [2.05, 4.69) is 21.2 Å². The Balaban J connectivity index is 1.98. The lowest BCUT2D eigenvalue weighted by Gasteiger charge is -2.55. The van der Waals surface area contributed by atoms with E-state index >= 15 is 0 Å². The van der Waals surface area contributed by atoms with E-state index in [0.29, 0.717) is 25.0 Å². The fraction of sp³-hybridized carbons (Fsp3) is 0.900. The van der Waals surface area contributed by atoms with E-state index in [0.717, 1.165) is 12.8 Å². The highest BCUT2D eigenvalue weighted by atomic mass is 79.9. The summed E-state index contributed by atoms with van der Waals surface area (Å²) in [5, 5.41) is 13.1. The predicted octanol–water partition coefficient (Wildman–Crippen LogP) is 0.428. The molecule has 2 aliphatic rings. The first kappa shape index (κ1) is 11.4. The van der Waals surface area contributed by atoms with Crippen molar-refractivity contribution in [2.45, 2.75) is 31.4 Å². The zero-order chi connectivity index (χ0) is 10.9. The zero-order valence-electron chi connectivity index (χ0n) is 8.54. The van der Waals surface area contributed by atoms with Gasteiger partial charge in [0.05, 0.1) is 11.4 Å². The van der Waals surface area contributed by atoms with Gasteiger partial charge in [-0.15, -0.1) is 0 Å². The fourth-order valence-corrected chi connectivity index (χ4v) is 2.79. The minimum atomic E-state index is -0.276. The SMILES string of the molecule is O=C(CBr)NC1CC(O)C12CCOCC2. The Morgan fingerprint density at radius 2 is 2.20 bits per heavy atom. The van der Waals surface area contributed by atoms with E-state index < -0.39 is 0 Å². The van der Waals surface area contributed by atoms with Gasteiger partial charge in [0.15, 0.2) is 0 Å². The van der Waals surface area contributed by atoms with Crippen molar-refractivity contribution in [2.75, 3.05) is 18.5 Å². The highest BCUT2D eigenvalue weighted by molar-refractivity contribution is 9.09. The molecule has 1 saturated heterocycles. The third-order valence-corrected chi connectivity index (χ3v) is 4.21. The van der Waals surface area contributed by atoms with Crippen LogP contribution in [-0.2, 0) is 9.53 Å². The molecule has 5 heteroatoms. The molecule has 0 bridgehead atoms. The molecule has 0 aromatic carbocycles. The van der Waals surface area contributed by atoms with Gasteiger partial charge < -0.3 is 15.2 Å². The van der Waals surface area contributed by atoms with Crippen molar-refractivity contribution in [3.05, 3.63) is 0 Å². The zero-order valence-corrected chi connectivity index (χ0v) is 10.1. The highest BCUT2D eigenvalue weighted by Gasteiger charge is 2.55. The number of halogens is 1. The Kier molecular flexibility index (Phi) is 3.33. The lowest BCUT2D eigenvalue weighted by Crippen LogP contribution is -2.65. The summed E-state index contributed by atoms with van der Waals surface area (Å²) in [5.74, 6) is -0.00207. The minimum Gasteiger partial charge on any atom is -0.392 e. The lowest BCUT2D eigenvalue weighted by atomic mass is 9.58. The molecule has 2 N–H and O–H groups in total. The maximum atomic E-state index is 11.3. The number of carbonyl (C=O) groups is 1. The second-order valence-corrected chi connectivity index (χ2v) is 4.91. The molecule has 1 spiro atoms. The summed E-state index contributed by atoms with van der Waals surface area (Å²) in [6.45, 7) is 1.38. The molecule has 2 rings (SSSR count). The van der Waals surface area contributed by atoms with Gasteiger partial charge in [-0.3, -0.25) is 4.79 Å². The smallest absolute Gasteiger partial charge is 0.230 e. The van der Waals surface area contributed by atoms with E-state index in [1.165, 1.54) is 0 Å². The summed E-state index contributed by atoms with van der Waals surface area (Å²) in [4.78, 5) is 11.3. The van der Waals surface area contributed by atoms with Crippen LogP contribution in [0.15, 0.2) is 0 Å². The van der Waals surface area contributed by atoms with E-state index in [1.54, 1.807) is 0 Å². The van der Waals surface area contributed by atoms with Gasteiger partial charge in [0, 0.05) is 24.7 Å². The van der Waals surface area contributed by atoms with Gasteiger partial charge >= 0.3 is 0 Å². The van der Waals surface area contributed by atoms with E-state index in [9.17, 15) is 9.90 Å². The number of hydrogen-bond donors (Lipinski definition) is 2. The number of aliphatic hydroxyl groups is 1. The van der Waals surface area contributed by atoms with Crippen molar-refractivity contribution in [3.63, 3.8) is 0 Å². The van der Waals surface area contributed by atoms with Crippen molar-refractivity contribution in [2.24, 2.45) is 5.41 Å². The van der Waals surface area contributed by atoms with Crippen LogP contribution in [0.2, 0.25) is 0 Å². The van der Waals surface area contributed by atoms with Crippen LogP contribution in [0.5, 0.6) is 0 Å². The fourth-order valence-electron chi connectivity index (χ4n) is 2.63. The summed E-state index contributed by atoms with van der Waals surface area (Å²) in [5.41, 5.74) is -0.115. The van der Waals surface area contributed by atoms with Crippen LogP contribution >= 0.6 is 15.9 Å². The van der Waals surface area contributed by atoms with Crippen LogP contribution in [0.4, 0.5) is 0 Å². The van der Waals surface area contributed by atoms with Gasteiger partial charge in [0.1, 0.15) is 0 Å². The topological polar surface area (TPSA) is 58.6 Å². The van der Waals surface area contributed by atoms with Crippen LogP contribution in [0.25, 0.3) is 0 Å². The Morgan fingerprint density at radius 1 is 1.53 bits per heavy atom. The molecule has 1 heterocycles. The van der Waals surface area contributed by atoms with E-state index in [-0.39, 0.29) is 23.5 Å². The number of amides is 1. The summed E-state index contributed by atoms with van der Waals surface area (Å²) in [6, 6.07) is 0.126. The summed E-state index contributed by atoms with van der Waals surface area (Å²) in [7, 11) is 0. The molecule has 4 nitrogen and oxygen atoms in total. The summed E-state index contributed by atoms with van der Waals surface area (Å²) >= 11 is 3.12. The highest BCUT2D eigenvalue weighted by Crippen LogP contribution is 2.48. The molecule has 1 aliphatic heterocycles. The van der Waals surface area contributed by atoms with Gasteiger partial charge in [0.25, 0.3) is 0 Å². The first-order valence-electron chi connectivity index (χ1n) is 5.30. The molecular formula is C10H16BrNO3. The quantitative estimate of drug-likeness (QED) is 0.720. The number of rotatable bonds is 2. The number of nitrogens with one attached hydrogen (secondary N) is 1. The molecule has 15 heavy (non-hydrogen) atoms. The van der Waals surface area contributed by atoms with Crippen molar-refractivity contribution >= 4 is 21.8 Å². The number of alkyl halides is 1. The molecule has 1 aliphatic carbocycles. The molecule has 0 aromatic heterocycles. The predicted molar refractivity (Wildman–Crippen MR) is 58.8 cm³/mol. The van der Waals surface area contributed by atoms with Crippen LogP contribution < -0.4 is 5.32 Å². The van der Waals surface area contributed by atoms with E-state index in [4.69, 9.17) is 4.74 Å². The lowest BCUT2D eigenvalue weighted by molar-refractivity contribution is -0.155. The standard InChI is InChI=1S/C10H16BrNO3/c11-6-9(14)12-7-5-8(13)10(7)1-3-15-4-2-10/h7-8,13H,1-6H2,(H,12,14). The van der Waals surface area contributed by atoms with Crippen molar-refractivity contribution in [1.82, 2.24) is 5.32 Å². The van der Waals surface area contributed by atoms with Gasteiger partial charge in [-0.2, -0.15) is 0 Å². The maximum Gasteiger partial charge on any atom is 0.230 e. The third-order valence-electron chi connectivity index (χ3n) is 3.70.